The van der Waals surface area contributed by atoms with Crippen molar-refractivity contribution in [3.8, 4) is 0 Å². The first-order valence-electron chi connectivity index (χ1n) is 8.38. The number of nitrogens with one attached hydrogen (secondary N) is 1. The summed E-state index contributed by atoms with van der Waals surface area (Å²) in [6.45, 7) is 4.52. The van der Waals surface area contributed by atoms with Gasteiger partial charge in [-0.2, -0.15) is 4.98 Å². The van der Waals surface area contributed by atoms with Gasteiger partial charge in [0.2, 0.25) is 11.8 Å². The zero-order chi connectivity index (χ0) is 17.2. The van der Waals surface area contributed by atoms with Gasteiger partial charge in [-0.3, -0.25) is 4.79 Å². The lowest BCUT2D eigenvalue weighted by Crippen LogP contribution is -2.49. The van der Waals surface area contributed by atoms with E-state index < -0.39 is 5.41 Å². The van der Waals surface area contributed by atoms with Gasteiger partial charge in [0.05, 0.1) is 5.41 Å². The van der Waals surface area contributed by atoms with Gasteiger partial charge in [-0.25, -0.2) is 0 Å². The summed E-state index contributed by atoms with van der Waals surface area (Å²) in [4.78, 5) is 17.1. The molecule has 0 saturated heterocycles. The molecule has 1 saturated carbocycles. The molecule has 0 bridgehead atoms. The van der Waals surface area contributed by atoms with Crippen molar-refractivity contribution in [3.63, 3.8) is 0 Å². The molecule has 2 aromatic rings. The van der Waals surface area contributed by atoms with Crippen LogP contribution in [0.4, 0.5) is 0 Å². The normalized spacial score (nSPS) is 16.0. The Morgan fingerprint density at radius 1 is 1.33 bits per heavy atom. The summed E-state index contributed by atoms with van der Waals surface area (Å²) in [7, 11) is 0. The molecule has 0 aliphatic heterocycles. The molecule has 3 rings (SSSR count). The number of aromatic nitrogens is 2. The summed E-state index contributed by atoms with van der Waals surface area (Å²) in [5.74, 6) is 1.55. The fraction of sp³-hybridized carbons (Fsp3) is 0.500. The van der Waals surface area contributed by atoms with E-state index in [1.807, 2.05) is 38.1 Å². The first-order valence-corrected chi connectivity index (χ1v) is 8.76. The largest absolute Gasteiger partial charge is 0.355 e. The average Bonchev–Trinajstić information content (AvgIpc) is 2.97. The minimum absolute atomic E-state index is 0.0728. The molecule has 1 N–H and O–H groups in total. The van der Waals surface area contributed by atoms with E-state index in [0.717, 1.165) is 24.8 Å². The Balaban J connectivity index is 1.59. The van der Waals surface area contributed by atoms with Crippen molar-refractivity contribution < 1.29 is 9.32 Å². The molecule has 1 heterocycles. The van der Waals surface area contributed by atoms with Gasteiger partial charge in [-0.1, -0.05) is 49.2 Å². The van der Waals surface area contributed by atoms with Gasteiger partial charge < -0.3 is 9.84 Å². The molecule has 0 radical (unpaired) electrons. The van der Waals surface area contributed by atoms with Crippen molar-refractivity contribution in [3.05, 3.63) is 46.6 Å². The summed E-state index contributed by atoms with van der Waals surface area (Å²) in [6, 6.07) is 7.60. The Morgan fingerprint density at radius 3 is 2.58 bits per heavy atom. The number of rotatable bonds is 6. The quantitative estimate of drug-likeness (QED) is 0.866. The predicted molar refractivity (Wildman–Crippen MR) is 92.1 cm³/mol. The second-order valence-corrected chi connectivity index (χ2v) is 7.09. The minimum Gasteiger partial charge on any atom is -0.355 e. The third-order valence-electron chi connectivity index (χ3n) is 4.65. The maximum absolute atomic E-state index is 12.7. The second-order valence-electron chi connectivity index (χ2n) is 6.65. The number of benzene rings is 1. The molecule has 5 nitrogen and oxygen atoms in total. The molecule has 1 fully saturated rings. The van der Waals surface area contributed by atoms with Crippen LogP contribution < -0.4 is 5.32 Å². The van der Waals surface area contributed by atoms with E-state index in [1.165, 1.54) is 0 Å². The van der Waals surface area contributed by atoms with Crippen LogP contribution in [0.2, 0.25) is 5.02 Å². The minimum atomic E-state index is -0.412. The first kappa shape index (κ1) is 17.0. The standard InChI is InChI=1S/C18H22ClN3O2/c1-12(2)16-21-15(22-24-16)8-11-20-17(23)18(9-3-10-18)13-4-6-14(19)7-5-13/h4-7,12H,3,8-11H2,1-2H3,(H,20,23). The van der Waals surface area contributed by atoms with E-state index in [1.54, 1.807) is 0 Å². The number of carbonyl (C=O) groups excluding carboxylic acids is 1. The number of hydrogen-bond donors (Lipinski definition) is 1. The van der Waals surface area contributed by atoms with Crippen molar-refractivity contribution in [1.29, 1.82) is 0 Å². The van der Waals surface area contributed by atoms with E-state index in [2.05, 4.69) is 15.5 Å². The highest BCUT2D eigenvalue weighted by Crippen LogP contribution is 2.44. The smallest absolute Gasteiger partial charge is 0.230 e. The van der Waals surface area contributed by atoms with Crippen LogP contribution in [0.15, 0.2) is 28.8 Å². The Morgan fingerprint density at radius 2 is 2.04 bits per heavy atom. The van der Waals surface area contributed by atoms with Gasteiger partial charge >= 0.3 is 0 Å². The summed E-state index contributed by atoms with van der Waals surface area (Å²) in [6.07, 6.45) is 3.39. The maximum Gasteiger partial charge on any atom is 0.230 e. The molecular formula is C18H22ClN3O2. The number of amides is 1. The number of nitrogens with zero attached hydrogens (tertiary/aromatic N) is 2. The highest BCUT2D eigenvalue weighted by Gasteiger charge is 2.45. The van der Waals surface area contributed by atoms with Crippen molar-refractivity contribution in [2.24, 2.45) is 0 Å². The highest BCUT2D eigenvalue weighted by atomic mass is 35.5. The molecule has 0 spiro atoms. The molecule has 6 heteroatoms. The SMILES string of the molecule is CC(C)c1nc(CCNC(=O)C2(c3ccc(Cl)cc3)CCC2)no1. The van der Waals surface area contributed by atoms with E-state index in [-0.39, 0.29) is 11.8 Å². The fourth-order valence-corrected chi connectivity index (χ4v) is 3.13. The molecule has 1 aromatic heterocycles. The van der Waals surface area contributed by atoms with Crippen LogP contribution in [0.5, 0.6) is 0 Å². The van der Waals surface area contributed by atoms with Crippen LogP contribution in [0.25, 0.3) is 0 Å². The fourth-order valence-electron chi connectivity index (χ4n) is 3.01. The van der Waals surface area contributed by atoms with Gasteiger partial charge in [0.25, 0.3) is 0 Å². The molecule has 1 aliphatic carbocycles. The van der Waals surface area contributed by atoms with Gasteiger partial charge in [-0.15, -0.1) is 0 Å². The maximum atomic E-state index is 12.7. The molecule has 128 valence electrons. The molecule has 1 aliphatic rings. The predicted octanol–water partition coefficient (Wildman–Crippen LogP) is 3.63. The lowest BCUT2D eigenvalue weighted by atomic mass is 9.64. The lowest BCUT2D eigenvalue weighted by molar-refractivity contribution is -0.129. The van der Waals surface area contributed by atoms with Crippen LogP contribution in [0.1, 0.15) is 56.3 Å². The number of hydrogen-bond acceptors (Lipinski definition) is 4. The second kappa shape index (κ2) is 6.93. The van der Waals surface area contributed by atoms with Crippen LogP contribution in [-0.4, -0.2) is 22.6 Å². The average molecular weight is 348 g/mol. The van der Waals surface area contributed by atoms with Crippen LogP contribution >= 0.6 is 11.6 Å². The summed E-state index contributed by atoms with van der Waals surface area (Å²) in [5.41, 5.74) is 0.627. The number of halogens is 1. The van der Waals surface area contributed by atoms with Crippen molar-refractivity contribution >= 4 is 17.5 Å². The van der Waals surface area contributed by atoms with E-state index in [4.69, 9.17) is 16.1 Å². The summed E-state index contributed by atoms with van der Waals surface area (Å²) >= 11 is 5.95. The Hall–Kier alpha value is -1.88. The zero-order valence-corrected chi connectivity index (χ0v) is 14.8. The van der Waals surface area contributed by atoms with Crippen LogP contribution in [-0.2, 0) is 16.6 Å². The van der Waals surface area contributed by atoms with Crippen LogP contribution in [0.3, 0.4) is 0 Å². The van der Waals surface area contributed by atoms with Gasteiger partial charge in [0, 0.05) is 23.9 Å². The zero-order valence-electron chi connectivity index (χ0n) is 14.0. The van der Waals surface area contributed by atoms with E-state index >= 15 is 0 Å². The Kier molecular flexibility index (Phi) is 4.90. The molecule has 0 atom stereocenters. The van der Waals surface area contributed by atoms with Gasteiger partial charge in [0.15, 0.2) is 5.82 Å². The first-order chi connectivity index (χ1) is 11.5. The lowest BCUT2D eigenvalue weighted by Gasteiger charge is -2.40. The van der Waals surface area contributed by atoms with Gasteiger partial charge in [0.1, 0.15) is 0 Å². The summed E-state index contributed by atoms with van der Waals surface area (Å²) < 4.78 is 5.18. The van der Waals surface area contributed by atoms with Crippen LogP contribution in [0, 0.1) is 0 Å². The van der Waals surface area contributed by atoms with Crippen molar-refractivity contribution in [2.75, 3.05) is 6.54 Å². The molecule has 1 aromatic carbocycles. The molecule has 0 unspecified atom stereocenters. The highest BCUT2D eigenvalue weighted by molar-refractivity contribution is 6.30. The van der Waals surface area contributed by atoms with E-state index in [9.17, 15) is 4.79 Å². The monoisotopic (exact) mass is 347 g/mol. The molecule has 24 heavy (non-hydrogen) atoms. The van der Waals surface area contributed by atoms with Crippen molar-refractivity contribution in [2.45, 2.75) is 50.9 Å². The third kappa shape index (κ3) is 3.31. The molecular weight excluding hydrogens is 326 g/mol. The molecule has 1 amide bonds. The summed E-state index contributed by atoms with van der Waals surface area (Å²) in [5, 5.41) is 7.67. The Labute approximate surface area is 146 Å². The topological polar surface area (TPSA) is 68.0 Å². The van der Waals surface area contributed by atoms with Crippen molar-refractivity contribution in [1.82, 2.24) is 15.5 Å². The Bertz CT molecular complexity index is 705. The van der Waals surface area contributed by atoms with E-state index in [0.29, 0.717) is 29.7 Å². The van der Waals surface area contributed by atoms with Gasteiger partial charge in [-0.05, 0) is 30.5 Å². The third-order valence-corrected chi connectivity index (χ3v) is 4.90. The number of carbonyl (C=O) groups is 1.